The average Bonchev–Trinajstić information content (AvgIpc) is 2.34. The Kier molecular flexibility index (Phi) is 3.14. The van der Waals surface area contributed by atoms with Crippen molar-refractivity contribution in [3.8, 4) is 0 Å². The van der Waals surface area contributed by atoms with Crippen molar-refractivity contribution in [3.63, 3.8) is 0 Å². The van der Waals surface area contributed by atoms with Crippen LogP contribution in [-0.2, 0) is 0 Å². The smallest absolute Gasteiger partial charge is 0.193 e. The van der Waals surface area contributed by atoms with Crippen LogP contribution in [-0.4, -0.2) is 30.6 Å². The van der Waals surface area contributed by atoms with Crippen molar-refractivity contribution >= 4 is 11.6 Å². The molecule has 1 rings (SSSR count). The van der Waals surface area contributed by atoms with Gasteiger partial charge in [-0.05, 0) is 37.8 Å². The van der Waals surface area contributed by atoms with Gasteiger partial charge in [-0.25, -0.2) is 0 Å². The fourth-order valence-electron chi connectivity index (χ4n) is 0.943. The summed E-state index contributed by atoms with van der Waals surface area (Å²) < 4.78 is 5.03. The van der Waals surface area contributed by atoms with E-state index in [2.05, 4.69) is 0 Å². The topological polar surface area (TPSA) is 36.6 Å². The molecule has 0 saturated heterocycles. The van der Waals surface area contributed by atoms with Gasteiger partial charge in [-0.1, -0.05) is 0 Å². The van der Waals surface area contributed by atoms with E-state index in [-0.39, 0.29) is 0 Å². The van der Waals surface area contributed by atoms with Gasteiger partial charge < -0.3 is 14.4 Å². The van der Waals surface area contributed by atoms with E-state index >= 15 is 0 Å². The van der Waals surface area contributed by atoms with E-state index in [9.17, 15) is 5.11 Å². The van der Waals surface area contributed by atoms with Crippen LogP contribution < -0.4 is 0 Å². The first-order valence-corrected chi connectivity index (χ1v) is 4.05. The largest absolute Gasteiger partial charge is 0.447 e. The van der Waals surface area contributed by atoms with Crippen LogP contribution in [0, 0.1) is 0 Å². The molecule has 0 amide bonds. The Morgan fingerprint density at radius 1 is 1.58 bits per heavy atom. The second kappa shape index (κ2) is 3.94. The number of nitrogens with zero attached hydrogens (tertiary/aromatic N) is 1. The highest BCUT2D eigenvalue weighted by Gasteiger charge is 2.12. The second-order valence-electron chi connectivity index (χ2n) is 2.92. The quantitative estimate of drug-likeness (QED) is 0.784. The maximum absolute atomic E-state index is 9.51. The zero-order valence-electron chi connectivity index (χ0n) is 7.12. The van der Waals surface area contributed by atoms with Gasteiger partial charge in [-0.3, -0.25) is 0 Å². The molecule has 0 aliphatic rings. The third kappa shape index (κ3) is 2.52. The molecule has 1 aromatic rings. The van der Waals surface area contributed by atoms with E-state index in [1.165, 1.54) is 0 Å². The molecule has 0 saturated carbocycles. The Morgan fingerprint density at radius 3 is 2.67 bits per heavy atom. The van der Waals surface area contributed by atoms with Crippen molar-refractivity contribution in [2.75, 3.05) is 20.6 Å². The normalized spacial score (nSPS) is 13.8. The van der Waals surface area contributed by atoms with Crippen molar-refractivity contribution in [3.05, 3.63) is 23.1 Å². The highest BCUT2D eigenvalue weighted by molar-refractivity contribution is 6.28. The predicted octanol–water partition coefficient (Wildman–Crippen LogP) is 1.53. The zero-order chi connectivity index (χ0) is 9.14. The number of likely N-dealkylation sites (N-methyl/N-ethyl adjacent to an activating group) is 1. The van der Waals surface area contributed by atoms with Crippen LogP contribution in [0.4, 0.5) is 0 Å². The average molecular weight is 190 g/mol. The minimum atomic E-state index is -0.604. The fraction of sp³-hybridized carbons (Fsp3) is 0.500. The van der Waals surface area contributed by atoms with Crippen LogP contribution in [0.3, 0.4) is 0 Å². The third-order valence-electron chi connectivity index (χ3n) is 1.46. The molecule has 1 unspecified atom stereocenters. The molecule has 1 N–H and O–H groups in total. The van der Waals surface area contributed by atoms with Crippen molar-refractivity contribution in [2.24, 2.45) is 0 Å². The predicted molar refractivity (Wildman–Crippen MR) is 47.2 cm³/mol. The number of aliphatic hydroxyl groups is 1. The van der Waals surface area contributed by atoms with E-state index < -0.39 is 6.10 Å². The molecule has 1 atom stereocenters. The van der Waals surface area contributed by atoms with Crippen molar-refractivity contribution in [2.45, 2.75) is 6.10 Å². The molecule has 4 heteroatoms. The minimum Gasteiger partial charge on any atom is -0.447 e. The summed E-state index contributed by atoms with van der Waals surface area (Å²) in [7, 11) is 3.77. The summed E-state index contributed by atoms with van der Waals surface area (Å²) in [5.41, 5.74) is 0. The number of halogens is 1. The molecule has 0 radical (unpaired) electrons. The van der Waals surface area contributed by atoms with E-state index in [1.54, 1.807) is 12.1 Å². The standard InChI is InChI=1S/C8H12ClNO2/c1-10(2)5-6(11)7-3-4-8(9)12-7/h3-4,6,11H,5H2,1-2H3. The Hall–Kier alpha value is -0.510. The lowest BCUT2D eigenvalue weighted by molar-refractivity contribution is 0.116. The lowest BCUT2D eigenvalue weighted by Crippen LogP contribution is -2.19. The van der Waals surface area contributed by atoms with E-state index in [1.807, 2.05) is 19.0 Å². The highest BCUT2D eigenvalue weighted by atomic mass is 35.5. The number of hydrogen-bond acceptors (Lipinski definition) is 3. The van der Waals surface area contributed by atoms with E-state index in [4.69, 9.17) is 16.0 Å². The van der Waals surface area contributed by atoms with Gasteiger partial charge in [0, 0.05) is 6.54 Å². The maximum atomic E-state index is 9.51. The summed E-state index contributed by atoms with van der Waals surface area (Å²) in [5, 5.41) is 9.82. The molecular weight excluding hydrogens is 178 g/mol. The highest BCUT2D eigenvalue weighted by Crippen LogP contribution is 2.19. The van der Waals surface area contributed by atoms with Crippen LogP contribution in [0.5, 0.6) is 0 Å². The van der Waals surface area contributed by atoms with Crippen LogP contribution in [0.1, 0.15) is 11.9 Å². The first kappa shape index (κ1) is 9.58. The fourth-order valence-corrected chi connectivity index (χ4v) is 1.10. The second-order valence-corrected chi connectivity index (χ2v) is 3.29. The van der Waals surface area contributed by atoms with Gasteiger partial charge in [0.2, 0.25) is 0 Å². The summed E-state index contributed by atoms with van der Waals surface area (Å²) in [6.45, 7) is 0.532. The summed E-state index contributed by atoms with van der Waals surface area (Å²) in [4.78, 5) is 1.88. The van der Waals surface area contributed by atoms with Gasteiger partial charge in [0.15, 0.2) is 5.22 Å². The number of furan rings is 1. The zero-order valence-corrected chi connectivity index (χ0v) is 7.88. The van der Waals surface area contributed by atoms with Crippen LogP contribution in [0.2, 0.25) is 5.22 Å². The van der Waals surface area contributed by atoms with Crippen LogP contribution in [0.25, 0.3) is 0 Å². The molecule has 12 heavy (non-hydrogen) atoms. The van der Waals surface area contributed by atoms with E-state index in [0.717, 1.165) is 0 Å². The summed E-state index contributed by atoms with van der Waals surface area (Å²) in [6.07, 6.45) is -0.604. The third-order valence-corrected chi connectivity index (χ3v) is 1.66. The first-order valence-electron chi connectivity index (χ1n) is 3.67. The molecule has 68 valence electrons. The molecule has 0 aliphatic heterocycles. The molecule has 0 aromatic carbocycles. The Balaban J connectivity index is 2.58. The summed E-state index contributed by atoms with van der Waals surface area (Å²) in [6, 6.07) is 3.30. The van der Waals surface area contributed by atoms with Crippen molar-refractivity contribution in [1.29, 1.82) is 0 Å². The van der Waals surface area contributed by atoms with Gasteiger partial charge in [0.1, 0.15) is 11.9 Å². The molecule has 0 fully saturated rings. The maximum Gasteiger partial charge on any atom is 0.193 e. The minimum absolute atomic E-state index is 0.308. The number of rotatable bonds is 3. The Morgan fingerprint density at radius 2 is 2.25 bits per heavy atom. The van der Waals surface area contributed by atoms with Gasteiger partial charge in [-0.2, -0.15) is 0 Å². The van der Waals surface area contributed by atoms with Crippen molar-refractivity contribution < 1.29 is 9.52 Å². The van der Waals surface area contributed by atoms with Gasteiger partial charge in [0.25, 0.3) is 0 Å². The van der Waals surface area contributed by atoms with Crippen LogP contribution >= 0.6 is 11.6 Å². The number of hydrogen-bond donors (Lipinski definition) is 1. The SMILES string of the molecule is CN(C)CC(O)c1ccc(Cl)o1. The van der Waals surface area contributed by atoms with Crippen molar-refractivity contribution in [1.82, 2.24) is 4.90 Å². The molecule has 0 aliphatic carbocycles. The molecule has 1 aromatic heterocycles. The van der Waals surface area contributed by atoms with Gasteiger partial charge in [-0.15, -0.1) is 0 Å². The molecule has 3 nitrogen and oxygen atoms in total. The molecule has 0 spiro atoms. The Bertz CT molecular complexity index is 247. The molecule has 0 bridgehead atoms. The molecular formula is C8H12ClNO2. The summed E-state index contributed by atoms with van der Waals surface area (Å²) in [5.74, 6) is 0.508. The van der Waals surface area contributed by atoms with Crippen LogP contribution in [0.15, 0.2) is 16.5 Å². The molecule has 1 heterocycles. The lowest BCUT2D eigenvalue weighted by atomic mass is 10.2. The lowest BCUT2D eigenvalue weighted by Gasteiger charge is -2.13. The van der Waals surface area contributed by atoms with Gasteiger partial charge in [0.05, 0.1) is 0 Å². The van der Waals surface area contributed by atoms with E-state index in [0.29, 0.717) is 17.5 Å². The van der Waals surface area contributed by atoms with Gasteiger partial charge >= 0.3 is 0 Å². The number of aliphatic hydroxyl groups excluding tert-OH is 1. The monoisotopic (exact) mass is 189 g/mol. The first-order chi connectivity index (χ1) is 5.59. The summed E-state index contributed by atoms with van der Waals surface area (Å²) >= 11 is 5.55. The Labute approximate surface area is 76.5 Å².